The van der Waals surface area contributed by atoms with Crippen molar-refractivity contribution in [1.29, 1.82) is 0 Å². The van der Waals surface area contributed by atoms with Crippen LogP contribution in [0.4, 0.5) is 0 Å². The SMILES string of the molecule is c1cc2c(cc1-c1cnc(-c3ccc4c(c3)OCO4)[nH]1)OCO2. The second kappa shape index (κ2) is 4.67. The maximum Gasteiger partial charge on any atom is 0.231 e. The van der Waals surface area contributed by atoms with E-state index in [4.69, 9.17) is 18.9 Å². The third-order valence-corrected chi connectivity index (χ3v) is 3.91. The van der Waals surface area contributed by atoms with Crippen molar-refractivity contribution in [3.63, 3.8) is 0 Å². The topological polar surface area (TPSA) is 65.6 Å². The number of aromatic amines is 1. The molecule has 2 aromatic carbocycles. The van der Waals surface area contributed by atoms with E-state index in [-0.39, 0.29) is 13.6 Å². The van der Waals surface area contributed by atoms with E-state index in [9.17, 15) is 0 Å². The molecule has 23 heavy (non-hydrogen) atoms. The van der Waals surface area contributed by atoms with Gasteiger partial charge in [0.25, 0.3) is 0 Å². The third kappa shape index (κ3) is 1.99. The monoisotopic (exact) mass is 308 g/mol. The standard InChI is InChI=1S/C17H12N2O4/c1-3-13-15(22-8-20-13)5-10(1)12-7-18-17(19-12)11-2-4-14-16(6-11)23-9-21-14/h1-7H,8-9H2,(H,18,19). The lowest BCUT2D eigenvalue weighted by Crippen LogP contribution is -1.92. The molecule has 5 rings (SSSR count). The van der Waals surface area contributed by atoms with Crippen LogP contribution in [0.3, 0.4) is 0 Å². The molecule has 3 heterocycles. The molecule has 0 bridgehead atoms. The molecule has 0 radical (unpaired) electrons. The number of fused-ring (bicyclic) bond motifs is 2. The van der Waals surface area contributed by atoms with Gasteiger partial charge in [-0.05, 0) is 36.4 Å². The maximum absolute atomic E-state index is 5.42. The van der Waals surface area contributed by atoms with Crippen LogP contribution in [0.2, 0.25) is 0 Å². The smallest absolute Gasteiger partial charge is 0.231 e. The van der Waals surface area contributed by atoms with E-state index < -0.39 is 0 Å². The van der Waals surface area contributed by atoms with Gasteiger partial charge in [-0.15, -0.1) is 0 Å². The lowest BCUT2D eigenvalue weighted by molar-refractivity contribution is 0.173. The first-order valence-corrected chi connectivity index (χ1v) is 7.22. The van der Waals surface area contributed by atoms with Gasteiger partial charge in [-0.2, -0.15) is 0 Å². The molecule has 6 nitrogen and oxygen atoms in total. The number of aromatic nitrogens is 2. The Morgan fingerprint density at radius 2 is 1.35 bits per heavy atom. The molecule has 0 saturated carbocycles. The van der Waals surface area contributed by atoms with Crippen LogP contribution in [0, 0.1) is 0 Å². The molecule has 2 aliphatic heterocycles. The highest BCUT2D eigenvalue weighted by molar-refractivity contribution is 5.68. The number of benzene rings is 2. The lowest BCUT2D eigenvalue weighted by atomic mass is 10.1. The highest BCUT2D eigenvalue weighted by Gasteiger charge is 2.17. The van der Waals surface area contributed by atoms with Gasteiger partial charge in [0.1, 0.15) is 5.82 Å². The summed E-state index contributed by atoms with van der Waals surface area (Å²) in [5, 5.41) is 0. The third-order valence-electron chi connectivity index (χ3n) is 3.91. The van der Waals surface area contributed by atoms with Crippen LogP contribution in [0.1, 0.15) is 0 Å². The number of nitrogens with one attached hydrogen (secondary N) is 1. The fraction of sp³-hybridized carbons (Fsp3) is 0.118. The van der Waals surface area contributed by atoms with Crippen LogP contribution >= 0.6 is 0 Å². The summed E-state index contributed by atoms with van der Waals surface area (Å²) in [5.74, 6) is 3.79. The molecule has 0 atom stereocenters. The minimum atomic E-state index is 0.263. The van der Waals surface area contributed by atoms with Crippen LogP contribution in [-0.2, 0) is 0 Å². The number of imidazole rings is 1. The lowest BCUT2D eigenvalue weighted by Gasteiger charge is -2.01. The highest BCUT2D eigenvalue weighted by atomic mass is 16.7. The van der Waals surface area contributed by atoms with E-state index in [1.165, 1.54) is 0 Å². The van der Waals surface area contributed by atoms with Crippen molar-refractivity contribution in [3.8, 4) is 45.6 Å². The Balaban J connectivity index is 1.51. The second-order valence-corrected chi connectivity index (χ2v) is 5.28. The molecular weight excluding hydrogens is 296 g/mol. The van der Waals surface area contributed by atoms with Gasteiger partial charge >= 0.3 is 0 Å². The molecule has 2 aliphatic rings. The summed E-state index contributed by atoms with van der Waals surface area (Å²) in [6.07, 6.45) is 1.80. The fourth-order valence-corrected chi connectivity index (χ4v) is 2.72. The quantitative estimate of drug-likeness (QED) is 0.787. The van der Waals surface area contributed by atoms with Crippen LogP contribution in [0.25, 0.3) is 22.6 Å². The number of H-pyrrole nitrogens is 1. The number of hydrogen-bond acceptors (Lipinski definition) is 5. The number of nitrogens with zero attached hydrogens (tertiary/aromatic N) is 1. The first kappa shape index (κ1) is 12.4. The van der Waals surface area contributed by atoms with E-state index in [0.29, 0.717) is 0 Å². The van der Waals surface area contributed by atoms with Crippen molar-refractivity contribution < 1.29 is 18.9 Å². The fourth-order valence-electron chi connectivity index (χ4n) is 2.72. The van der Waals surface area contributed by atoms with E-state index >= 15 is 0 Å². The average Bonchev–Trinajstić information content (AvgIpc) is 3.32. The van der Waals surface area contributed by atoms with E-state index in [1.807, 2.05) is 36.4 Å². The number of ether oxygens (including phenoxy) is 4. The summed E-state index contributed by atoms with van der Waals surface area (Å²) in [5.41, 5.74) is 2.85. The molecule has 0 amide bonds. The van der Waals surface area contributed by atoms with Crippen molar-refractivity contribution in [2.45, 2.75) is 0 Å². The summed E-state index contributed by atoms with van der Waals surface area (Å²) in [4.78, 5) is 7.78. The van der Waals surface area contributed by atoms with Gasteiger partial charge in [0, 0.05) is 11.1 Å². The number of rotatable bonds is 2. The molecule has 6 heteroatoms. The Labute approximate surface area is 131 Å². The molecular formula is C17H12N2O4. The van der Waals surface area contributed by atoms with Crippen LogP contribution in [0.15, 0.2) is 42.6 Å². The molecule has 0 saturated heterocycles. The first-order valence-electron chi connectivity index (χ1n) is 7.22. The normalized spacial score (nSPS) is 14.3. The van der Waals surface area contributed by atoms with Gasteiger partial charge in [-0.1, -0.05) is 0 Å². The van der Waals surface area contributed by atoms with Crippen molar-refractivity contribution in [2.24, 2.45) is 0 Å². The zero-order valence-corrected chi connectivity index (χ0v) is 12.0. The predicted molar refractivity (Wildman–Crippen MR) is 81.7 cm³/mol. The molecule has 1 N–H and O–H groups in total. The first-order chi connectivity index (χ1) is 11.4. The molecule has 0 unspecified atom stereocenters. The summed E-state index contributed by atoms with van der Waals surface area (Å²) >= 11 is 0. The molecule has 0 spiro atoms. The minimum absolute atomic E-state index is 0.263. The van der Waals surface area contributed by atoms with Gasteiger partial charge < -0.3 is 23.9 Å². The molecule has 3 aromatic rings. The van der Waals surface area contributed by atoms with Crippen molar-refractivity contribution in [2.75, 3.05) is 13.6 Å². The Hall–Kier alpha value is -3.15. The highest BCUT2D eigenvalue weighted by Crippen LogP contribution is 2.37. The van der Waals surface area contributed by atoms with Gasteiger partial charge in [-0.25, -0.2) is 4.98 Å². The predicted octanol–water partition coefficient (Wildman–Crippen LogP) is 3.20. The van der Waals surface area contributed by atoms with Crippen molar-refractivity contribution in [3.05, 3.63) is 42.6 Å². The van der Waals surface area contributed by atoms with Crippen LogP contribution in [-0.4, -0.2) is 23.6 Å². The van der Waals surface area contributed by atoms with Gasteiger partial charge in [0.2, 0.25) is 13.6 Å². The summed E-state index contributed by atoms with van der Waals surface area (Å²) < 4.78 is 21.5. The second-order valence-electron chi connectivity index (χ2n) is 5.28. The summed E-state index contributed by atoms with van der Waals surface area (Å²) in [6, 6.07) is 11.6. The van der Waals surface area contributed by atoms with E-state index in [0.717, 1.165) is 45.6 Å². The number of hydrogen-bond donors (Lipinski definition) is 1. The summed E-state index contributed by atoms with van der Waals surface area (Å²) in [6.45, 7) is 0.531. The Morgan fingerprint density at radius 3 is 2.09 bits per heavy atom. The van der Waals surface area contributed by atoms with Crippen molar-refractivity contribution >= 4 is 0 Å². The van der Waals surface area contributed by atoms with Gasteiger partial charge in [0.15, 0.2) is 23.0 Å². The Bertz CT molecular complexity index is 831. The van der Waals surface area contributed by atoms with Gasteiger partial charge in [-0.3, -0.25) is 0 Å². The Kier molecular flexibility index (Phi) is 2.52. The maximum atomic E-state index is 5.42. The molecule has 114 valence electrons. The average molecular weight is 308 g/mol. The van der Waals surface area contributed by atoms with E-state index in [1.54, 1.807) is 6.20 Å². The minimum Gasteiger partial charge on any atom is -0.454 e. The van der Waals surface area contributed by atoms with Crippen LogP contribution in [0.5, 0.6) is 23.0 Å². The Morgan fingerprint density at radius 1 is 0.739 bits per heavy atom. The largest absolute Gasteiger partial charge is 0.454 e. The molecule has 0 fully saturated rings. The van der Waals surface area contributed by atoms with E-state index in [2.05, 4.69) is 9.97 Å². The van der Waals surface area contributed by atoms with Crippen molar-refractivity contribution in [1.82, 2.24) is 9.97 Å². The van der Waals surface area contributed by atoms with Gasteiger partial charge in [0.05, 0.1) is 11.9 Å². The molecule has 0 aliphatic carbocycles. The zero-order valence-electron chi connectivity index (χ0n) is 12.0. The van der Waals surface area contributed by atoms with Crippen LogP contribution < -0.4 is 18.9 Å². The molecule has 1 aromatic heterocycles. The summed E-state index contributed by atoms with van der Waals surface area (Å²) in [7, 11) is 0. The zero-order chi connectivity index (χ0) is 15.2.